The summed E-state index contributed by atoms with van der Waals surface area (Å²) in [4.78, 5) is 10.3. The third-order valence-corrected chi connectivity index (χ3v) is 13.1. The highest BCUT2D eigenvalue weighted by atomic mass is 16.5. The molecule has 1 aliphatic carbocycles. The van der Waals surface area contributed by atoms with E-state index in [2.05, 4.69) is 205 Å². The molecule has 4 heteroatoms. The minimum absolute atomic E-state index is 0.613. The summed E-state index contributed by atoms with van der Waals surface area (Å²) in [5.41, 5.74) is 17.2. The van der Waals surface area contributed by atoms with E-state index in [-0.39, 0.29) is 0 Å². The number of fused-ring (bicyclic) bond motifs is 13. The molecule has 3 heterocycles. The Labute approximate surface area is 365 Å². The molecule has 0 radical (unpaired) electrons. The Morgan fingerprint density at radius 2 is 1.02 bits per heavy atom. The molecule has 13 rings (SSSR count). The molecule has 1 unspecified atom stereocenters. The lowest BCUT2D eigenvalue weighted by Crippen LogP contribution is -2.32. The summed E-state index contributed by atoms with van der Waals surface area (Å²) in [5, 5.41) is 2.45. The zero-order chi connectivity index (χ0) is 41.5. The standard InChI is InChI=1S/C59H37N3O/c1-4-17-38(18-5-1)41-31-34-55-49(36-41)59(47-28-13-15-30-54(47)63-55)46-27-12-10-25-44(46)56-48(59)32-33-53-57(56)45-26-11-14-29-52(45)62(53)43-24-16-23-42(35-43)51-37-50(39-19-6-2-7-20-39)60-58(61-51)40-21-8-3-9-22-40/h1-37H. The van der Waals surface area contributed by atoms with Crippen molar-refractivity contribution in [1.82, 2.24) is 14.5 Å². The first-order chi connectivity index (χ1) is 31.2. The number of rotatable bonds is 5. The lowest BCUT2D eigenvalue weighted by molar-refractivity contribution is 0.436. The van der Waals surface area contributed by atoms with Gasteiger partial charge < -0.3 is 9.30 Å². The summed E-state index contributed by atoms with van der Waals surface area (Å²) in [6, 6.07) is 80.1. The van der Waals surface area contributed by atoms with Gasteiger partial charge in [0.25, 0.3) is 0 Å². The lowest BCUT2D eigenvalue weighted by atomic mass is 9.65. The Hall–Kier alpha value is -8.34. The fourth-order valence-corrected chi connectivity index (χ4v) is 10.4. The number of aromatic nitrogens is 3. The van der Waals surface area contributed by atoms with Crippen molar-refractivity contribution >= 4 is 21.8 Å². The molecule has 1 atom stereocenters. The molecule has 9 aromatic carbocycles. The van der Waals surface area contributed by atoms with E-state index >= 15 is 0 Å². The molecular weight excluding hydrogens is 767 g/mol. The molecule has 2 aliphatic rings. The fraction of sp³-hybridized carbons (Fsp3) is 0.0169. The Kier molecular flexibility index (Phi) is 7.79. The average molecular weight is 804 g/mol. The van der Waals surface area contributed by atoms with Gasteiger partial charge in [-0.3, -0.25) is 0 Å². The molecule has 63 heavy (non-hydrogen) atoms. The maximum Gasteiger partial charge on any atom is 0.160 e. The number of hydrogen-bond acceptors (Lipinski definition) is 3. The summed E-state index contributed by atoms with van der Waals surface area (Å²) >= 11 is 0. The molecule has 1 spiro atoms. The van der Waals surface area contributed by atoms with Crippen molar-refractivity contribution in [3.05, 3.63) is 247 Å². The van der Waals surface area contributed by atoms with E-state index in [0.717, 1.165) is 73.0 Å². The topological polar surface area (TPSA) is 39.9 Å². The molecule has 0 N–H and O–H groups in total. The van der Waals surface area contributed by atoms with E-state index in [9.17, 15) is 0 Å². The van der Waals surface area contributed by atoms with Crippen LogP contribution in [0.3, 0.4) is 0 Å². The number of nitrogens with zero attached hydrogens (tertiary/aromatic N) is 3. The molecule has 0 fully saturated rings. The Balaban J connectivity index is 1.06. The van der Waals surface area contributed by atoms with E-state index in [4.69, 9.17) is 14.7 Å². The minimum Gasteiger partial charge on any atom is -0.457 e. The predicted octanol–water partition coefficient (Wildman–Crippen LogP) is 14.7. The van der Waals surface area contributed by atoms with E-state index < -0.39 is 5.41 Å². The van der Waals surface area contributed by atoms with Crippen LogP contribution in [-0.4, -0.2) is 14.5 Å². The molecule has 4 nitrogen and oxygen atoms in total. The van der Waals surface area contributed by atoms with Gasteiger partial charge in [-0.25, -0.2) is 9.97 Å². The van der Waals surface area contributed by atoms with Crippen molar-refractivity contribution in [1.29, 1.82) is 0 Å². The SMILES string of the molecule is c1ccc(-c2ccc3c(c2)C2(c4ccccc4O3)c3ccccc3-c3c2ccc2c3c3ccccc3n2-c2cccc(-c3cc(-c4ccccc4)nc(-c4ccccc4)n3)c2)cc1. The molecular formula is C59H37N3O. The Morgan fingerprint density at radius 3 is 1.83 bits per heavy atom. The number of hydrogen-bond donors (Lipinski definition) is 0. The van der Waals surface area contributed by atoms with Crippen LogP contribution in [0.5, 0.6) is 11.5 Å². The van der Waals surface area contributed by atoms with Crippen LogP contribution in [-0.2, 0) is 5.41 Å². The first-order valence-corrected chi connectivity index (χ1v) is 21.5. The largest absolute Gasteiger partial charge is 0.457 e. The van der Waals surface area contributed by atoms with Gasteiger partial charge in [-0.2, -0.15) is 0 Å². The normalized spacial score (nSPS) is 14.5. The molecule has 2 aromatic heterocycles. The van der Waals surface area contributed by atoms with Crippen LogP contribution < -0.4 is 4.74 Å². The van der Waals surface area contributed by atoms with Crippen molar-refractivity contribution in [3.8, 4) is 73.3 Å². The summed E-state index contributed by atoms with van der Waals surface area (Å²) in [5.74, 6) is 2.46. The Bertz CT molecular complexity index is 3540. The molecule has 0 amide bonds. The maximum atomic E-state index is 6.80. The van der Waals surface area contributed by atoms with Crippen LogP contribution in [0.4, 0.5) is 0 Å². The Morgan fingerprint density at radius 1 is 0.381 bits per heavy atom. The molecule has 11 aromatic rings. The lowest BCUT2D eigenvalue weighted by Gasteiger charge is -2.39. The van der Waals surface area contributed by atoms with Crippen molar-refractivity contribution in [3.63, 3.8) is 0 Å². The molecule has 294 valence electrons. The second-order valence-corrected chi connectivity index (χ2v) is 16.4. The van der Waals surface area contributed by atoms with Crippen LogP contribution in [0.15, 0.2) is 224 Å². The zero-order valence-corrected chi connectivity index (χ0v) is 34.1. The van der Waals surface area contributed by atoms with Crippen LogP contribution in [0.1, 0.15) is 22.3 Å². The van der Waals surface area contributed by atoms with Gasteiger partial charge in [0.05, 0.1) is 27.8 Å². The molecule has 0 saturated carbocycles. The van der Waals surface area contributed by atoms with Gasteiger partial charge in [-0.05, 0) is 81.9 Å². The highest BCUT2D eigenvalue weighted by Gasteiger charge is 2.52. The van der Waals surface area contributed by atoms with Crippen LogP contribution in [0.25, 0.3) is 83.6 Å². The first-order valence-electron chi connectivity index (χ1n) is 21.5. The fourth-order valence-electron chi connectivity index (χ4n) is 10.4. The van der Waals surface area contributed by atoms with Crippen LogP contribution in [0.2, 0.25) is 0 Å². The van der Waals surface area contributed by atoms with E-state index in [1.807, 2.05) is 24.3 Å². The van der Waals surface area contributed by atoms with E-state index in [1.165, 1.54) is 38.6 Å². The number of benzene rings is 9. The van der Waals surface area contributed by atoms with Crippen molar-refractivity contribution < 1.29 is 4.74 Å². The average Bonchev–Trinajstić information content (AvgIpc) is 3.85. The van der Waals surface area contributed by atoms with Gasteiger partial charge in [-0.1, -0.05) is 176 Å². The first kappa shape index (κ1) is 35.4. The number of para-hydroxylation sites is 2. The van der Waals surface area contributed by atoms with Crippen molar-refractivity contribution in [2.45, 2.75) is 5.41 Å². The second-order valence-electron chi connectivity index (χ2n) is 16.4. The maximum absolute atomic E-state index is 6.80. The molecule has 0 saturated heterocycles. The molecule has 1 aliphatic heterocycles. The van der Waals surface area contributed by atoms with Crippen LogP contribution >= 0.6 is 0 Å². The van der Waals surface area contributed by atoms with Gasteiger partial charge >= 0.3 is 0 Å². The van der Waals surface area contributed by atoms with E-state index in [1.54, 1.807) is 0 Å². The highest BCUT2D eigenvalue weighted by molar-refractivity contribution is 6.18. The van der Waals surface area contributed by atoms with Crippen molar-refractivity contribution in [2.75, 3.05) is 0 Å². The summed E-state index contributed by atoms with van der Waals surface area (Å²) in [6.45, 7) is 0. The summed E-state index contributed by atoms with van der Waals surface area (Å²) in [6.07, 6.45) is 0. The zero-order valence-electron chi connectivity index (χ0n) is 34.1. The van der Waals surface area contributed by atoms with E-state index in [0.29, 0.717) is 5.82 Å². The van der Waals surface area contributed by atoms with Gasteiger partial charge in [0, 0.05) is 44.3 Å². The van der Waals surface area contributed by atoms with Gasteiger partial charge in [0.15, 0.2) is 5.82 Å². The highest BCUT2D eigenvalue weighted by Crippen LogP contribution is 2.64. The molecule has 0 bridgehead atoms. The van der Waals surface area contributed by atoms with Gasteiger partial charge in [0.2, 0.25) is 0 Å². The predicted molar refractivity (Wildman–Crippen MR) is 255 cm³/mol. The minimum atomic E-state index is -0.613. The smallest absolute Gasteiger partial charge is 0.160 e. The van der Waals surface area contributed by atoms with Crippen LogP contribution in [0, 0.1) is 0 Å². The third kappa shape index (κ3) is 5.28. The third-order valence-electron chi connectivity index (χ3n) is 13.1. The second kappa shape index (κ2) is 13.8. The summed E-state index contributed by atoms with van der Waals surface area (Å²) in [7, 11) is 0. The van der Waals surface area contributed by atoms with Gasteiger partial charge in [-0.15, -0.1) is 0 Å². The number of ether oxygens (including phenoxy) is 1. The van der Waals surface area contributed by atoms with Crippen molar-refractivity contribution in [2.24, 2.45) is 0 Å². The summed E-state index contributed by atoms with van der Waals surface area (Å²) < 4.78 is 9.23. The van der Waals surface area contributed by atoms with Gasteiger partial charge in [0.1, 0.15) is 11.5 Å². The quantitative estimate of drug-likeness (QED) is 0.174. The monoisotopic (exact) mass is 803 g/mol.